The van der Waals surface area contributed by atoms with Crippen LogP contribution in [0.5, 0.6) is 0 Å². The van der Waals surface area contributed by atoms with Crippen molar-refractivity contribution in [2.24, 2.45) is 0 Å². The lowest BCUT2D eigenvalue weighted by Gasteiger charge is -2.20. The molecule has 3 N–H and O–H groups in total. The van der Waals surface area contributed by atoms with E-state index in [1.54, 1.807) is 0 Å². The van der Waals surface area contributed by atoms with Crippen molar-refractivity contribution < 1.29 is 4.79 Å². The number of carbonyl (C=O) groups is 1. The Morgan fingerprint density at radius 3 is 2.69 bits per heavy atom. The van der Waals surface area contributed by atoms with E-state index in [2.05, 4.69) is 20.9 Å². The molecule has 0 atom stereocenters. The predicted octanol–water partition coefficient (Wildman–Crippen LogP) is 1.78. The van der Waals surface area contributed by atoms with E-state index in [1.807, 2.05) is 33.2 Å². The maximum Gasteiger partial charge on any atom is 0.315 e. The molecule has 6 heteroatoms. The summed E-state index contributed by atoms with van der Waals surface area (Å²) in [6.45, 7) is 6.26. The summed E-state index contributed by atoms with van der Waals surface area (Å²) in [6, 6.07) is -0.175. The Bertz CT molecular complexity index is 356. The Morgan fingerprint density at radius 2 is 2.19 bits per heavy atom. The van der Waals surface area contributed by atoms with Gasteiger partial charge in [0.2, 0.25) is 0 Å². The van der Waals surface area contributed by atoms with Crippen molar-refractivity contribution >= 4 is 22.5 Å². The smallest absolute Gasteiger partial charge is 0.315 e. The van der Waals surface area contributed by atoms with E-state index in [9.17, 15) is 4.79 Å². The fraction of sp³-hybridized carbons (Fsp3) is 0.600. The summed E-state index contributed by atoms with van der Waals surface area (Å²) in [6.07, 6.45) is 0. The summed E-state index contributed by atoms with van der Waals surface area (Å²) in [5.74, 6) is 0. The number of aromatic nitrogens is 1. The van der Waals surface area contributed by atoms with Gasteiger partial charge in [-0.05, 0) is 20.8 Å². The number of urea groups is 1. The van der Waals surface area contributed by atoms with Gasteiger partial charge in [0.15, 0.2) is 5.13 Å². The molecule has 0 aromatic carbocycles. The fourth-order valence-electron chi connectivity index (χ4n) is 1.06. The van der Waals surface area contributed by atoms with Crippen LogP contribution in [-0.2, 0) is 6.54 Å². The molecule has 90 valence electrons. The Labute approximate surface area is 99.7 Å². The molecular formula is C10H18N4OS. The first-order valence-corrected chi connectivity index (χ1v) is 5.97. The zero-order chi connectivity index (χ0) is 12.2. The molecule has 0 radical (unpaired) electrons. The molecule has 0 aliphatic heterocycles. The Kier molecular flexibility index (Phi) is 4.12. The van der Waals surface area contributed by atoms with Crippen LogP contribution >= 0.6 is 11.3 Å². The third-order valence-corrected chi connectivity index (χ3v) is 2.59. The van der Waals surface area contributed by atoms with Crippen LogP contribution in [0.1, 0.15) is 26.5 Å². The topological polar surface area (TPSA) is 66.0 Å². The van der Waals surface area contributed by atoms with Gasteiger partial charge in [0.05, 0.1) is 12.2 Å². The maximum atomic E-state index is 11.4. The number of hydrogen-bond acceptors (Lipinski definition) is 4. The number of thiazole rings is 1. The molecule has 1 aromatic heterocycles. The predicted molar refractivity (Wildman–Crippen MR) is 66.8 cm³/mol. The number of amides is 2. The largest absolute Gasteiger partial charge is 0.365 e. The van der Waals surface area contributed by atoms with Crippen LogP contribution in [0, 0.1) is 0 Å². The van der Waals surface area contributed by atoms with E-state index in [1.165, 1.54) is 11.3 Å². The molecule has 0 unspecified atom stereocenters. The van der Waals surface area contributed by atoms with Crippen molar-refractivity contribution in [3.63, 3.8) is 0 Å². The number of nitrogens with one attached hydrogen (secondary N) is 3. The van der Waals surface area contributed by atoms with Gasteiger partial charge in [-0.15, -0.1) is 11.3 Å². The van der Waals surface area contributed by atoms with Gasteiger partial charge in [-0.2, -0.15) is 0 Å². The number of rotatable bonds is 3. The molecule has 0 aliphatic rings. The van der Waals surface area contributed by atoms with Crippen molar-refractivity contribution in [3.8, 4) is 0 Å². The van der Waals surface area contributed by atoms with Crippen molar-refractivity contribution in [3.05, 3.63) is 11.1 Å². The van der Waals surface area contributed by atoms with Crippen molar-refractivity contribution in [2.75, 3.05) is 12.4 Å². The quantitative estimate of drug-likeness (QED) is 0.757. The maximum absolute atomic E-state index is 11.4. The van der Waals surface area contributed by atoms with E-state index in [4.69, 9.17) is 0 Å². The molecule has 0 fully saturated rings. The highest BCUT2D eigenvalue weighted by Crippen LogP contribution is 2.13. The fourth-order valence-corrected chi connectivity index (χ4v) is 1.73. The van der Waals surface area contributed by atoms with Gasteiger partial charge in [-0.3, -0.25) is 0 Å². The first-order chi connectivity index (χ1) is 7.40. The van der Waals surface area contributed by atoms with Crippen LogP contribution < -0.4 is 16.0 Å². The van der Waals surface area contributed by atoms with Gasteiger partial charge in [0.25, 0.3) is 0 Å². The van der Waals surface area contributed by atoms with Crippen LogP contribution in [0.2, 0.25) is 0 Å². The summed E-state index contributed by atoms with van der Waals surface area (Å²) in [5.41, 5.74) is 0.640. The molecule has 0 bridgehead atoms. The van der Waals surface area contributed by atoms with Crippen molar-refractivity contribution in [1.82, 2.24) is 15.6 Å². The standard InChI is InChI=1S/C10H18N4OS/c1-10(2,3)14-8(15)12-5-7-6-16-9(11-4)13-7/h6H,5H2,1-4H3,(H,11,13)(H2,12,14,15). The highest BCUT2D eigenvalue weighted by atomic mass is 32.1. The Balaban J connectivity index is 2.37. The van der Waals surface area contributed by atoms with E-state index >= 15 is 0 Å². The van der Waals surface area contributed by atoms with Crippen molar-refractivity contribution in [2.45, 2.75) is 32.9 Å². The van der Waals surface area contributed by atoms with Crippen LogP contribution in [0.3, 0.4) is 0 Å². The molecule has 1 heterocycles. The molecule has 16 heavy (non-hydrogen) atoms. The molecular weight excluding hydrogens is 224 g/mol. The Hall–Kier alpha value is -1.30. The summed E-state index contributed by atoms with van der Waals surface area (Å²) >= 11 is 1.52. The van der Waals surface area contributed by atoms with Gasteiger partial charge in [0.1, 0.15) is 0 Å². The second-order valence-corrected chi connectivity index (χ2v) is 5.31. The summed E-state index contributed by atoms with van der Waals surface area (Å²) < 4.78 is 0. The molecule has 1 rings (SSSR count). The Morgan fingerprint density at radius 1 is 1.50 bits per heavy atom. The van der Waals surface area contributed by atoms with E-state index in [0.29, 0.717) is 6.54 Å². The minimum Gasteiger partial charge on any atom is -0.365 e. The molecule has 2 amide bonds. The van der Waals surface area contributed by atoms with Crippen LogP contribution in [0.4, 0.5) is 9.93 Å². The first-order valence-electron chi connectivity index (χ1n) is 5.09. The lowest BCUT2D eigenvalue weighted by atomic mass is 10.1. The van der Waals surface area contributed by atoms with E-state index < -0.39 is 0 Å². The molecule has 1 aromatic rings. The normalized spacial score (nSPS) is 11.0. The third-order valence-electron chi connectivity index (χ3n) is 1.68. The molecule has 0 saturated carbocycles. The minimum atomic E-state index is -0.220. The summed E-state index contributed by atoms with van der Waals surface area (Å²) in [5, 5.41) is 11.3. The minimum absolute atomic E-state index is 0.175. The number of hydrogen-bond donors (Lipinski definition) is 3. The van der Waals surface area contributed by atoms with E-state index in [-0.39, 0.29) is 11.6 Å². The second kappa shape index (κ2) is 5.16. The van der Waals surface area contributed by atoms with Crippen LogP contribution in [-0.4, -0.2) is 23.6 Å². The lowest BCUT2D eigenvalue weighted by Crippen LogP contribution is -2.46. The molecule has 0 saturated heterocycles. The van der Waals surface area contributed by atoms with Gasteiger partial charge in [-0.1, -0.05) is 0 Å². The zero-order valence-electron chi connectivity index (χ0n) is 10.0. The number of nitrogens with zero attached hydrogens (tertiary/aromatic N) is 1. The molecule has 5 nitrogen and oxygen atoms in total. The molecule has 0 aliphatic carbocycles. The highest BCUT2D eigenvalue weighted by Gasteiger charge is 2.13. The summed E-state index contributed by atoms with van der Waals surface area (Å²) in [4.78, 5) is 15.7. The number of carbonyl (C=O) groups excluding carboxylic acids is 1. The average molecular weight is 242 g/mol. The third kappa shape index (κ3) is 4.48. The monoisotopic (exact) mass is 242 g/mol. The van der Waals surface area contributed by atoms with E-state index in [0.717, 1.165) is 10.8 Å². The number of anilines is 1. The van der Waals surface area contributed by atoms with Crippen molar-refractivity contribution in [1.29, 1.82) is 0 Å². The average Bonchev–Trinajstić information content (AvgIpc) is 2.59. The van der Waals surface area contributed by atoms with Gasteiger partial charge in [-0.25, -0.2) is 9.78 Å². The van der Waals surface area contributed by atoms with Crippen LogP contribution in [0.15, 0.2) is 5.38 Å². The second-order valence-electron chi connectivity index (χ2n) is 4.45. The highest BCUT2D eigenvalue weighted by molar-refractivity contribution is 7.13. The SMILES string of the molecule is CNc1nc(CNC(=O)NC(C)(C)C)cs1. The molecule has 0 spiro atoms. The van der Waals surface area contributed by atoms with Gasteiger partial charge in [0, 0.05) is 18.0 Å². The first kappa shape index (κ1) is 12.8. The summed E-state index contributed by atoms with van der Waals surface area (Å²) in [7, 11) is 1.82. The van der Waals surface area contributed by atoms with Crippen LogP contribution in [0.25, 0.3) is 0 Å². The van der Waals surface area contributed by atoms with Gasteiger partial charge >= 0.3 is 6.03 Å². The lowest BCUT2D eigenvalue weighted by molar-refractivity contribution is 0.231. The van der Waals surface area contributed by atoms with Gasteiger partial charge < -0.3 is 16.0 Å². The zero-order valence-corrected chi connectivity index (χ0v) is 10.9.